The molecule has 3 heterocycles. The van der Waals surface area contributed by atoms with E-state index in [0.717, 1.165) is 21.3 Å². The summed E-state index contributed by atoms with van der Waals surface area (Å²) in [7, 11) is 1.63. The number of thiazole rings is 1. The largest absolute Gasteiger partial charge is 0.332 e. The monoisotopic (exact) mass is 488 g/mol. The van der Waals surface area contributed by atoms with Crippen molar-refractivity contribution in [1.82, 2.24) is 23.7 Å². The molecule has 0 saturated heterocycles. The van der Waals surface area contributed by atoms with E-state index in [1.165, 1.54) is 9.13 Å². The molecule has 174 valence electrons. The minimum absolute atomic E-state index is 0.207. The third kappa shape index (κ3) is 4.93. The molecule has 0 spiro atoms. The zero-order valence-electron chi connectivity index (χ0n) is 18.5. The molecule has 0 amide bonds. The number of nitrogens with two attached hydrogens (primary N) is 1. The maximum absolute atomic E-state index is 13.4. The quantitative estimate of drug-likeness (QED) is 0.286. The standard InChI is InChI=1S/C22H25ClN6O3S/c1-14-12-25-18(33-14)9-8-17-26-20-19(29(17)13-15-4-6-16(23)7-5-15)21(30)28(10-3-11-32-24)22(31)27(20)2/h4-7,12H,3,8-11,13,24H2,1-2H3. The van der Waals surface area contributed by atoms with Crippen LogP contribution in [0.2, 0.25) is 5.02 Å². The molecule has 0 aliphatic rings. The fourth-order valence-corrected chi connectivity index (χ4v) is 4.70. The summed E-state index contributed by atoms with van der Waals surface area (Å²) < 4.78 is 4.54. The van der Waals surface area contributed by atoms with E-state index in [1.54, 1.807) is 18.4 Å². The normalized spacial score (nSPS) is 11.5. The van der Waals surface area contributed by atoms with Crippen LogP contribution in [0.25, 0.3) is 11.2 Å². The molecule has 33 heavy (non-hydrogen) atoms. The highest BCUT2D eigenvalue weighted by Gasteiger charge is 2.20. The second-order valence-corrected chi connectivity index (χ2v) is 9.56. The Kier molecular flexibility index (Phi) is 7.08. The van der Waals surface area contributed by atoms with Crippen molar-refractivity contribution in [2.75, 3.05) is 6.61 Å². The molecule has 0 fully saturated rings. The van der Waals surface area contributed by atoms with Crippen molar-refractivity contribution in [2.24, 2.45) is 12.9 Å². The van der Waals surface area contributed by atoms with Crippen molar-refractivity contribution in [1.29, 1.82) is 0 Å². The van der Waals surface area contributed by atoms with Gasteiger partial charge >= 0.3 is 5.69 Å². The van der Waals surface area contributed by atoms with E-state index in [9.17, 15) is 9.59 Å². The molecule has 0 atom stereocenters. The minimum atomic E-state index is -0.414. The van der Waals surface area contributed by atoms with Crippen molar-refractivity contribution in [3.8, 4) is 0 Å². The van der Waals surface area contributed by atoms with E-state index >= 15 is 0 Å². The maximum Gasteiger partial charge on any atom is 0.332 e. The molecule has 2 N–H and O–H groups in total. The number of aromatic nitrogens is 5. The van der Waals surface area contributed by atoms with Crippen LogP contribution in [0.4, 0.5) is 0 Å². The topological polar surface area (TPSA) is 110 Å². The van der Waals surface area contributed by atoms with E-state index in [2.05, 4.69) is 9.82 Å². The van der Waals surface area contributed by atoms with Gasteiger partial charge in [0.1, 0.15) is 5.82 Å². The summed E-state index contributed by atoms with van der Waals surface area (Å²) in [5, 5.41) is 1.64. The van der Waals surface area contributed by atoms with Gasteiger partial charge in [0.05, 0.1) is 11.6 Å². The Hall–Kier alpha value is -2.79. The Labute approximate surface area is 199 Å². The lowest BCUT2D eigenvalue weighted by Gasteiger charge is -2.11. The SMILES string of the molecule is Cc1cnc(CCc2nc3c(c(=O)n(CCCON)c(=O)n3C)n2Cc2ccc(Cl)cc2)s1. The maximum atomic E-state index is 13.4. The zero-order valence-corrected chi connectivity index (χ0v) is 20.0. The lowest BCUT2D eigenvalue weighted by atomic mass is 10.2. The average molecular weight is 489 g/mol. The highest BCUT2D eigenvalue weighted by atomic mass is 35.5. The van der Waals surface area contributed by atoms with Gasteiger partial charge < -0.3 is 9.40 Å². The van der Waals surface area contributed by atoms with Gasteiger partial charge in [0.15, 0.2) is 11.2 Å². The molecule has 0 unspecified atom stereocenters. The average Bonchev–Trinajstić information content (AvgIpc) is 3.38. The molecular formula is C22H25ClN6O3S. The van der Waals surface area contributed by atoms with Crippen LogP contribution in [0.1, 0.15) is 27.7 Å². The second-order valence-electron chi connectivity index (χ2n) is 7.80. The van der Waals surface area contributed by atoms with E-state index < -0.39 is 5.69 Å². The van der Waals surface area contributed by atoms with Crippen LogP contribution < -0.4 is 17.1 Å². The Morgan fingerprint density at radius 1 is 1.15 bits per heavy atom. The highest BCUT2D eigenvalue weighted by Crippen LogP contribution is 2.19. The van der Waals surface area contributed by atoms with Gasteiger partial charge in [-0.15, -0.1) is 11.3 Å². The smallest absolute Gasteiger partial charge is 0.318 e. The van der Waals surface area contributed by atoms with E-state index in [-0.39, 0.29) is 18.7 Å². The molecular weight excluding hydrogens is 464 g/mol. The van der Waals surface area contributed by atoms with Crippen LogP contribution >= 0.6 is 22.9 Å². The fraction of sp³-hybridized carbons (Fsp3) is 0.364. The summed E-state index contributed by atoms with van der Waals surface area (Å²) in [5.74, 6) is 5.82. The molecule has 0 aliphatic heterocycles. The number of halogens is 1. The summed E-state index contributed by atoms with van der Waals surface area (Å²) in [6.07, 6.45) is 3.57. The zero-order chi connectivity index (χ0) is 23.5. The van der Waals surface area contributed by atoms with Crippen molar-refractivity contribution in [2.45, 2.75) is 39.3 Å². The lowest BCUT2D eigenvalue weighted by molar-refractivity contribution is 0.131. The van der Waals surface area contributed by atoms with Gasteiger partial charge in [0, 0.05) is 49.1 Å². The van der Waals surface area contributed by atoms with Crippen LogP contribution in [0, 0.1) is 6.92 Å². The van der Waals surface area contributed by atoms with Gasteiger partial charge in [-0.3, -0.25) is 13.9 Å². The number of hydrogen-bond acceptors (Lipinski definition) is 7. The Bertz CT molecular complexity index is 1390. The number of rotatable bonds is 9. The molecule has 0 radical (unpaired) electrons. The summed E-state index contributed by atoms with van der Waals surface area (Å²) >= 11 is 7.69. The Morgan fingerprint density at radius 3 is 2.58 bits per heavy atom. The first kappa shape index (κ1) is 23.4. The predicted octanol–water partition coefficient (Wildman–Crippen LogP) is 2.43. The summed E-state index contributed by atoms with van der Waals surface area (Å²) in [5.41, 5.74) is 0.953. The summed E-state index contributed by atoms with van der Waals surface area (Å²) in [4.78, 5) is 41.2. The third-order valence-electron chi connectivity index (χ3n) is 5.44. The number of benzene rings is 1. The first-order chi connectivity index (χ1) is 15.9. The van der Waals surface area contributed by atoms with Crippen molar-refractivity contribution >= 4 is 34.1 Å². The minimum Gasteiger partial charge on any atom is -0.318 e. The van der Waals surface area contributed by atoms with Crippen LogP contribution in [0.5, 0.6) is 0 Å². The lowest BCUT2D eigenvalue weighted by Crippen LogP contribution is -2.40. The van der Waals surface area contributed by atoms with Crippen LogP contribution in [0.3, 0.4) is 0 Å². The van der Waals surface area contributed by atoms with Crippen LogP contribution in [0.15, 0.2) is 40.1 Å². The van der Waals surface area contributed by atoms with Crippen molar-refractivity contribution in [3.05, 3.63) is 77.6 Å². The van der Waals surface area contributed by atoms with Gasteiger partial charge in [-0.2, -0.15) is 0 Å². The Morgan fingerprint density at radius 2 is 1.91 bits per heavy atom. The predicted molar refractivity (Wildman–Crippen MR) is 129 cm³/mol. The van der Waals surface area contributed by atoms with Gasteiger partial charge in [0.25, 0.3) is 5.56 Å². The first-order valence-corrected chi connectivity index (χ1v) is 11.7. The number of fused-ring (bicyclic) bond motifs is 1. The molecule has 0 aliphatic carbocycles. The van der Waals surface area contributed by atoms with Gasteiger partial charge in [-0.05, 0) is 31.0 Å². The molecule has 0 bridgehead atoms. The number of aryl methyl sites for hydroxylation is 4. The van der Waals surface area contributed by atoms with Gasteiger partial charge in [-0.25, -0.2) is 20.7 Å². The van der Waals surface area contributed by atoms with Crippen molar-refractivity contribution < 1.29 is 4.84 Å². The number of imidazole rings is 1. The fourth-order valence-electron chi connectivity index (χ4n) is 3.79. The third-order valence-corrected chi connectivity index (χ3v) is 6.67. The Balaban J connectivity index is 1.82. The number of nitrogens with zero attached hydrogens (tertiary/aromatic N) is 5. The highest BCUT2D eigenvalue weighted by molar-refractivity contribution is 7.11. The van der Waals surface area contributed by atoms with E-state index in [4.69, 9.17) is 22.5 Å². The molecule has 4 aromatic rings. The van der Waals surface area contributed by atoms with Crippen LogP contribution in [-0.2, 0) is 37.8 Å². The molecule has 4 rings (SSSR count). The molecule has 9 nitrogen and oxygen atoms in total. The molecule has 11 heteroatoms. The molecule has 0 saturated carbocycles. The molecule has 1 aromatic carbocycles. The number of hydrogen-bond donors (Lipinski definition) is 1. The first-order valence-electron chi connectivity index (χ1n) is 10.6. The summed E-state index contributed by atoms with van der Waals surface area (Å²) in [6.45, 7) is 2.90. The van der Waals surface area contributed by atoms with Gasteiger partial charge in [-0.1, -0.05) is 23.7 Å². The van der Waals surface area contributed by atoms with E-state index in [0.29, 0.717) is 42.0 Å². The van der Waals surface area contributed by atoms with Crippen LogP contribution in [-0.4, -0.2) is 30.3 Å². The summed E-state index contributed by atoms with van der Waals surface area (Å²) in [6, 6.07) is 7.46. The second kappa shape index (κ2) is 10.0. The van der Waals surface area contributed by atoms with Gasteiger partial charge in [0.2, 0.25) is 0 Å². The van der Waals surface area contributed by atoms with Crippen molar-refractivity contribution in [3.63, 3.8) is 0 Å². The molecule has 3 aromatic heterocycles. The van der Waals surface area contributed by atoms with E-state index in [1.807, 2.05) is 42.0 Å².